The van der Waals surface area contributed by atoms with E-state index in [1.807, 2.05) is 0 Å². The molecule has 0 aromatic heterocycles. The van der Waals surface area contributed by atoms with E-state index in [2.05, 4.69) is 90.0 Å². The molecule has 2 aromatic rings. The minimum atomic E-state index is 0.264. The van der Waals surface area contributed by atoms with Gasteiger partial charge in [-0.05, 0) is 43.5 Å². The van der Waals surface area contributed by atoms with Crippen molar-refractivity contribution in [2.75, 3.05) is 39.3 Å². The van der Waals surface area contributed by atoms with Crippen LogP contribution in [0, 0.1) is 5.92 Å². The second kappa shape index (κ2) is 10.9. The molecule has 28 heavy (non-hydrogen) atoms. The molecule has 1 aliphatic heterocycles. The van der Waals surface area contributed by atoms with Crippen LogP contribution in [0.3, 0.4) is 0 Å². The Labute approximate surface area is 170 Å². The van der Waals surface area contributed by atoms with Crippen molar-refractivity contribution < 1.29 is 0 Å². The van der Waals surface area contributed by atoms with Crippen LogP contribution in [0.1, 0.15) is 37.3 Å². The van der Waals surface area contributed by atoms with E-state index in [0.717, 1.165) is 32.1 Å². The zero-order valence-corrected chi connectivity index (χ0v) is 17.3. The summed E-state index contributed by atoms with van der Waals surface area (Å²) in [6, 6.07) is 21.4. The molecule has 0 radical (unpaired) electrons. The van der Waals surface area contributed by atoms with Gasteiger partial charge in [-0.1, -0.05) is 67.6 Å². The lowest BCUT2D eigenvalue weighted by molar-refractivity contribution is 0.342. The standard InChI is InChI=1S/C24H34N4/c1-3-25-24(26-17-20-15-16-28(4-2)19-20)27-18-23(21-11-7-5-8-12-21)22-13-9-6-10-14-22/h5-14,20,23H,3-4,15-19H2,1-2H3,(H2,25,26,27). The molecule has 2 aromatic carbocycles. The molecule has 1 saturated heterocycles. The number of rotatable bonds is 8. The number of nitrogens with zero attached hydrogens (tertiary/aromatic N) is 2. The van der Waals surface area contributed by atoms with Crippen LogP contribution in [0.15, 0.2) is 65.7 Å². The van der Waals surface area contributed by atoms with E-state index in [1.54, 1.807) is 0 Å². The van der Waals surface area contributed by atoms with Gasteiger partial charge in [0.2, 0.25) is 0 Å². The maximum absolute atomic E-state index is 4.95. The molecule has 0 bridgehead atoms. The number of hydrogen-bond donors (Lipinski definition) is 2. The third-order valence-electron chi connectivity index (χ3n) is 5.56. The first-order valence-corrected chi connectivity index (χ1v) is 10.6. The number of guanidine groups is 1. The minimum Gasteiger partial charge on any atom is -0.357 e. The SMILES string of the molecule is CCNC(=NCC(c1ccccc1)c1ccccc1)NCC1CCN(CC)C1. The third-order valence-corrected chi connectivity index (χ3v) is 5.56. The fraction of sp³-hybridized carbons (Fsp3) is 0.458. The predicted octanol–water partition coefficient (Wildman–Crippen LogP) is 3.72. The molecule has 2 N–H and O–H groups in total. The number of hydrogen-bond acceptors (Lipinski definition) is 2. The summed E-state index contributed by atoms with van der Waals surface area (Å²) < 4.78 is 0. The molecule has 0 aliphatic carbocycles. The molecular weight excluding hydrogens is 344 g/mol. The maximum Gasteiger partial charge on any atom is 0.191 e. The molecule has 1 unspecified atom stereocenters. The van der Waals surface area contributed by atoms with Gasteiger partial charge in [-0.2, -0.15) is 0 Å². The van der Waals surface area contributed by atoms with Crippen LogP contribution in [-0.4, -0.2) is 50.1 Å². The Morgan fingerprint density at radius 3 is 2.18 bits per heavy atom. The van der Waals surface area contributed by atoms with Gasteiger partial charge in [0, 0.05) is 25.6 Å². The van der Waals surface area contributed by atoms with Crippen molar-refractivity contribution >= 4 is 5.96 Å². The van der Waals surface area contributed by atoms with Gasteiger partial charge in [-0.3, -0.25) is 4.99 Å². The maximum atomic E-state index is 4.95. The van der Waals surface area contributed by atoms with Crippen LogP contribution in [0.2, 0.25) is 0 Å². The Balaban J connectivity index is 1.68. The van der Waals surface area contributed by atoms with Gasteiger partial charge < -0.3 is 15.5 Å². The van der Waals surface area contributed by atoms with Crippen LogP contribution in [0.25, 0.3) is 0 Å². The molecule has 3 rings (SSSR count). The summed E-state index contributed by atoms with van der Waals surface area (Å²) >= 11 is 0. The molecule has 150 valence electrons. The van der Waals surface area contributed by atoms with Crippen LogP contribution < -0.4 is 10.6 Å². The summed E-state index contributed by atoms with van der Waals surface area (Å²) in [6.45, 7) is 10.5. The predicted molar refractivity (Wildman–Crippen MR) is 119 cm³/mol. The molecule has 0 amide bonds. The van der Waals surface area contributed by atoms with Crippen LogP contribution >= 0.6 is 0 Å². The molecule has 4 heteroatoms. The van der Waals surface area contributed by atoms with Crippen molar-refractivity contribution in [2.24, 2.45) is 10.9 Å². The van der Waals surface area contributed by atoms with E-state index in [0.29, 0.717) is 5.92 Å². The topological polar surface area (TPSA) is 39.7 Å². The Morgan fingerprint density at radius 1 is 1.00 bits per heavy atom. The highest BCUT2D eigenvalue weighted by atomic mass is 15.2. The largest absolute Gasteiger partial charge is 0.357 e. The molecule has 1 atom stereocenters. The van der Waals surface area contributed by atoms with Gasteiger partial charge in [0.05, 0.1) is 6.54 Å². The fourth-order valence-corrected chi connectivity index (χ4v) is 3.91. The van der Waals surface area contributed by atoms with Crippen molar-refractivity contribution in [3.63, 3.8) is 0 Å². The third kappa shape index (κ3) is 5.83. The number of likely N-dealkylation sites (tertiary alicyclic amines) is 1. The van der Waals surface area contributed by atoms with Gasteiger partial charge in [0.25, 0.3) is 0 Å². The van der Waals surface area contributed by atoms with Crippen LogP contribution in [-0.2, 0) is 0 Å². The van der Waals surface area contributed by atoms with Crippen molar-refractivity contribution in [3.8, 4) is 0 Å². The number of benzene rings is 2. The average Bonchev–Trinajstić information content (AvgIpc) is 3.22. The lowest BCUT2D eigenvalue weighted by atomic mass is 9.91. The van der Waals surface area contributed by atoms with E-state index in [-0.39, 0.29) is 5.92 Å². The van der Waals surface area contributed by atoms with Crippen molar-refractivity contribution in [1.82, 2.24) is 15.5 Å². The quantitative estimate of drug-likeness (QED) is 0.543. The van der Waals surface area contributed by atoms with Crippen LogP contribution in [0.4, 0.5) is 0 Å². The van der Waals surface area contributed by atoms with E-state index < -0.39 is 0 Å². The highest BCUT2D eigenvalue weighted by Gasteiger charge is 2.21. The zero-order chi connectivity index (χ0) is 19.6. The first-order chi connectivity index (χ1) is 13.8. The molecule has 0 saturated carbocycles. The van der Waals surface area contributed by atoms with Gasteiger partial charge in [-0.25, -0.2) is 0 Å². The zero-order valence-electron chi connectivity index (χ0n) is 17.3. The Bertz CT molecular complexity index is 674. The summed E-state index contributed by atoms with van der Waals surface area (Å²) in [5.41, 5.74) is 2.62. The normalized spacial score (nSPS) is 17.8. The highest BCUT2D eigenvalue weighted by molar-refractivity contribution is 5.79. The second-order valence-corrected chi connectivity index (χ2v) is 7.52. The summed E-state index contributed by atoms with van der Waals surface area (Å²) in [6.07, 6.45) is 1.27. The Hall–Kier alpha value is -2.33. The van der Waals surface area contributed by atoms with Gasteiger partial charge >= 0.3 is 0 Å². The first-order valence-electron chi connectivity index (χ1n) is 10.6. The number of aliphatic imine (C=N–C) groups is 1. The summed E-state index contributed by atoms with van der Waals surface area (Å²) in [7, 11) is 0. The van der Waals surface area contributed by atoms with E-state index in [4.69, 9.17) is 4.99 Å². The molecule has 4 nitrogen and oxygen atoms in total. The van der Waals surface area contributed by atoms with Crippen LogP contribution in [0.5, 0.6) is 0 Å². The molecular formula is C24H34N4. The molecule has 1 heterocycles. The van der Waals surface area contributed by atoms with Gasteiger partial charge in [0.1, 0.15) is 0 Å². The van der Waals surface area contributed by atoms with Gasteiger partial charge in [0.15, 0.2) is 5.96 Å². The molecule has 0 spiro atoms. The van der Waals surface area contributed by atoms with E-state index in [9.17, 15) is 0 Å². The summed E-state index contributed by atoms with van der Waals surface area (Å²) in [4.78, 5) is 7.47. The lowest BCUT2D eigenvalue weighted by Gasteiger charge is -2.19. The Morgan fingerprint density at radius 2 is 1.64 bits per heavy atom. The molecule has 1 aliphatic rings. The van der Waals surface area contributed by atoms with E-state index in [1.165, 1.54) is 30.6 Å². The van der Waals surface area contributed by atoms with E-state index >= 15 is 0 Å². The second-order valence-electron chi connectivity index (χ2n) is 7.52. The first kappa shape index (κ1) is 20.4. The Kier molecular flexibility index (Phi) is 7.92. The van der Waals surface area contributed by atoms with Crippen molar-refractivity contribution in [2.45, 2.75) is 26.2 Å². The highest BCUT2D eigenvalue weighted by Crippen LogP contribution is 2.24. The molecule has 1 fully saturated rings. The summed E-state index contributed by atoms with van der Waals surface area (Å²) in [5, 5.41) is 6.99. The summed E-state index contributed by atoms with van der Waals surface area (Å²) in [5.74, 6) is 1.90. The minimum absolute atomic E-state index is 0.264. The smallest absolute Gasteiger partial charge is 0.191 e. The average molecular weight is 379 g/mol. The lowest BCUT2D eigenvalue weighted by Crippen LogP contribution is -2.40. The van der Waals surface area contributed by atoms with Crippen molar-refractivity contribution in [1.29, 1.82) is 0 Å². The van der Waals surface area contributed by atoms with Gasteiger partial charge in [-0.15, -0.1) is 0 Å². The van der Waals surface area contributed by atoms with Crippen molar-refractivity contribution in [3.05, 3.63) is 71.8 Å². The monoisotopic (exact) mass is 378 g/mol. The fourth-order valence-electron chi connectivity index (χ4n) is 3.91. The number of nitrogens with one attached hydrogen (secondary N) is 2.